The minimum absolute atomic E-state index is 0.724. The molecule has 0 aromatic carbocycles. The normalized spacial score (nSPS) is 23.9. The van der Waals surface area contributed by atoms with Crippen LogP contribution < -0.4 is 5.32 Å². The third-order valence-electron chi connectivity index (χ3n) is 5.04. The molecular formula is C17H35N3. The molecule has 2 aliphatic heterocycles. The van der Waals surface area contributed by atoms with Crippen LogP contribution in [0.25, 0.3) is 0 Å². The molecule has 0 amide bonds. The third-order valence-corrected chi connectivity index (χ3v) is 5.04. The lowest BCUT2D eigenvalue weighted by Gasteiger charge is -2.29. The Labute approximate surface area is 126 Å². The first-order valence-electron chi connectivity index (χ1n) is 9.06. The fourth-order valence-electron chi connectivity index (χ4n) is 3.58. The van der Waals surface area contributed by atoms with E-state index in [1.54, 1.807) is 0 Å². The van der Waals surface area contributed by atoms with Gasteiger partial charge in [0.25, 0.3) is 0 Å². The highest BCUT2D eigenvalue weighted by atomic mass is 15.1. The molecule has 118 valence electrons. The van der Waals surface area contributed by atoms with Crippen molar-refractivity contribution in [2.24, 2.45) is 0 Å². The number of nitrogens with zero attached hydrogens (tertiary/aromatic N) is 2. The molecule has 0 aromatic rings. The zero-order valence-corrected chi connectivity index (χ0v) is 13.6. The van der Waals surface area contributed by atoms with Gasteiger partial charge in [0.15, 0.2) is 0 Å². The molecule has 0 radical (unpaired) electrons. The van der Waals surface area contributed by atoms with Crippen LogP contribution in [0.5, 0.6) is 0 Å². The van der Waals surface area contributed by atoms with Crippen molar-refractivity contribution >= 4 is 0 Å². The van der Waals surface area contributed by atoms with E-state index >= 15 is 0 Å². The summed E-state index contributed by atoms with van der Waals surface area (Å²) < 4.78 is 0. The number of piperidine rings is 2. The van der Waals surface area contributed by atoms with E-state index in [1.807, 2.05) is 0 Å². The number of nitrogens with one attached hydrogen (secondary N) is 1. The Morgan fingerprint density at radius 2 is 1.35 bits per heavy atom. The monoisotopic (exact) mass is 281 g/mol. The molecule has 3 heteroatoms. The largest absolute Gasteiger partial charge is 0.313 e. The highest BCUT2D eigenvalue weighted by molar-refractivity contribution is 4.72. The van der Waals surface area contributed by atoms with Crippen LogP contribution in [-0.2, 0) is 0 Å². The lowest BCUT2D eigenvalue weighted by Crippen LogP contribution is -2.41. The molecule has 2 aliphatic rings. The van der Waals surface area contributed by atoms with E-state index in [2.05, 4.69) is 22.0 Å². The molecule has 0 aliphatic carbocycles. The first-order chi connectivity index (χ1) is 9.88. The minimum atomic E-state index is 0.724. The quantitative estimate of drug-likeness (QED) is 0.738. The Bertz CT molecular complexity index is 232. The molecule has 2 saturated heterocycles. The van der Waals surface area contributed by atoms with Crippen LogP contribution in [0.3, 0.4) is 0 Å². The maximum absolute atomic E-state index is 3.79. The molecule has 0 bridgehead atoms. The summed E-state index contributed by atoms with van der Waals surface area (Å²) in [5.74, 6) is 0. The average molecular weight is 281 g/mol. The van der Waals surface area contributed by atoms with Gasteiger partial charge >= 0.3 is 0 Å². The number of hydrogen-bond acceptors (Lipinski definition) is 3. The molecule has 3 nitrogen and oxygen atoms in total. The van der Waals surface area contributed by atoms with E-state index in [4.69, 9.17) is 0 Å². The second-order valence-corrected chi connectivity index (χ2v) is 6.65. The Hall–Kier alpha value is -0.120. The van der Waals surface area contributed by atoms with Gasteiger partial charge < -0.3 is 15.1 Å². The summed E-state index contributed by atoms with van der Waals surface area (Å²) in [7, 11) is 0. The molecule has 0 saturated carbocycles. The summed E-state index contributed by atoms with van der Waals surface area (Å²) >= 11 is 0. The second kappa shape index (κ2) is 9.75. The van der Waals surface area contributed by atoms with Crippen LogP contribution in [0.1, 0.15) is 58.3 Å². The van der Waals surface area contributed by atoms with Gasteiger partial charge in [0.1, 0.15) is 0 Å². The lowest BCUT2D eigenvalue weighted by atomic mass is 10.1. The fraction of sp³-hybridized carbons (Fsp3) is 1.00. The Morgan fingerprint density at radius 1 is 0.800 bits per heavy atom. The smallest absolute Gasteiger partial charge is 0.0107 e. The molecular weight excluding hydrogens is 246 g/mol. The van der Waals surface area contributed by atoms with Crippen LogP contribution in [0.4, 0.5) is 0 Å². The molecule has 20 heavy (non-hydrogen) atoms. The van der Waals surface area contributed by atoms with Crippen LogP contribution in [0, 0.1) is 0 Å². The molecule has 0 aromatic heterocycles. The van der Waals surface area contributed by atoms with Crippen molar-refractivity contribution in [1.29, 1.82) is 0 Å². The molecule has 1 unspecified atom stereocenters. The lowest BCUT2D eigenvalue weighted by molar-refractivity contribution is 0.207. The maximum Gasteiger partial charge on any atom is 0.0107 e. The van der Waals surface area contributed by atoms with Crippen molar-refractivity contribution in [2.45, 2.75) is 64.3 Å². The van der Waals surface area contributed by atoms with Crippen LogP contribution in [0.15, 0.2) is 0 Å². The zero-order valence-electron chi connectivity index (χ0n) is 13.6. The summed E-state index contributed by atoms with van der Waals surface area (Å²) in [5.41, 5.74) is 0. The Morgan fingerprint density at radius 3 is 1.90 bits per heavy atom. The number of hydrogen-bond donors (Lipinski definition) is 1. The van der Waals surface area contributed by atoms with Crippen molar-refractivity contribution < 1.29 is 0 Å². The van der Waals surface area contributed by atoms with Crippen molar-refractivity contribution in [3.63, 3.8) is 0 Å². The van der Waals surface area contributed by atoms with Crippen LogP contribution >= 0.6 is 0 Å². The second-order valence-electron chi connectivity index (χ2n) is 6.65. The van der Waals surface area contributed by atoms with Gasteiger partial charge in [0.05, 0.1) is 0 Å². The SMILES string of the molecule is CCC(CCN1CCCCC1)NCCN1CCCCC1. The number of likely N-dealkylation sites (tertiary alicyclic amines) is 2. The highest BCUT2D eigenvalue weighted by Gasteiger charge is 2.13. The van der Waals surface area contributed by atoms with Crippen molar-refractivity contribution in [1.82, 2.24) is 15.1 Å². The van der Waals surface area contributed by atoms with E-state index in [0.717, 1.165) is 6.04 Å². The number of rotatable bonds is 8. The molecule has 2 rings (SSSR count). The van der Waals surface area contributed by atoms with Crippen LogP contribution in [-0.4, -0.2) is 61.7 Å². The van der Waals surface area contributed by atoms with Gasteiger partial charge in [0, 0.05) is 19.1 Å². The first-order valence-corrected chi connectivity index (χ1v) is 9.06. The Kier molecular flexibility index (Phi) is 7.92. The van der Waals surface area contributed by atoms with E-state index in [0.29, 0.717) is 0 Å². The average Bonchev–Trinajstić information content (AvgIpc) is 2.52. The zero-order chi connectivity index (χ0) is 14.0. The van der Waals surface area contributed by atoms with Gasteiger partial charge in [-0.05, 0) is 71.2 Å². The molecule has 1 atom stereocenters. The van der Waals surface area contributed by atoms with E-state index in [-0.39, 0.29) is 0 Å². The van der Waals surface area contributed by atoms with E-state index in [9.17, 15) is 0 Å². The van der Waals surface area contributed by atoms with Gasteiger partial charge in [-0.2, -0.15) is 0 Å². The van der Waals surface area contributed by atoms with Gasteiger partial charge in [0.2, 0.25) is 0 Å². The molecule has 2 fully saturated rings. The molecule has 2 heterocycles. The van der Waals surface area contributed by atoms with Crippen molar-refractivity contribution in [3.8, 4) is 0 Å². The topological polar surface area (TPSA) is 18.5 Å². The predicted octanol–water partition coefficient (Wildman–Crippen LogP) is 2.72. The van der Waals surface area contributed by atoms with E-state index < -0.39 is 0 Å². The summed E-state index contributed by atoms with van der Waals surface area (Å²) in [6.07, 6.45) is 11.1. The summed E-state index contributed by atoms with van der Waals surface area (Å²) in [6.45, 7) is 11.4. The van der Waals surface area contributed by atoms with Crippen molar-refractivity contribution in [3.05, 3.63) is 0 Å². The summed E-state index contributed by atoms with van der Waals surface area (Å²) in [6, 6.07) is 0.724. The van der Waals surface area contributed by atoms with Gasteiger partial charge in [-0.3, -0.25) is 0 Å². The van der Waals surface area contributed by atoms with Gasteiger partial charge in [-0.1, -0.05) is 19.8 Å². The summed E-state index contributed by atoms with van der Waals surface area (Å²) in [5, 5.41) is 3.79. The standard InChI is InChI=1S/C17H35N3/c1-2-17(9-15-19-11-5-3-6-12-19)18-10-16-20-13-7-4-8-14-20/h17-18H,2-16H2,1H3. The summed E-state index contributed by atoms with van der Waals surface area (Å²) in [4.78, 5) is 5.30. The Balaban J connectivity index is 1.54. The maximum atomic E-state index is 3.79. The predicted molar refractivity (Wildman–Crippen MR) is 87.3 cm³/mol. The third kappa shape index (κ3) is 6.11. The van der Waals surface area contributed by atoms with Crippen LogP contribution in [0.2, 0.25) is 0 Å². The molecule has 1 N–H and O–H groups in total. The van der Waals surface area contributed by atoms with Gasteiger partial charge in [-0.15, -0.1) is 0 Å². The minimum Gasteiger partial charge on any atom is -0.313 e. The first kappa shape index (κ1) is 16.3. The van der Waals surface area contributed by atoms with Crippen molar-refractivity contribution in [2.75, 3.05) is 45.8 Å². The molecule has 0 spiro atoms. The highest BCUT2D eigenvalue weighted by Crippen LogP contribution is 2.10. The van der Waals surface area contributed by atoms with E-state index in [1.165, 1.54) is 97.2 Å². The van der Waals surface area contributed by atoms with Gasteiger partial charge in [-0.25, -0.2) is 0 Å². The fourth-order valence-corrected chi connectivity index (χ4v) is 3.58.